The van der Waals surface area contributed by atoms with Gasteiger partial charge in [0.1, 0.15) is 0 Å². The van der Waals surface area contributed by atoms with Crippen LogP contribution < -0.4 is 4.68 Å². The number of hydrogen-bond donors (Lipinski definition) is 1. The third-order valence-electron chi connectivity index (χ3n) is 3.34. The normalized spacial score (nSPS) is 18.6. The molecule has 0 aliphatic carbocycles. The maximum absolute atomic E-state index is 11.8. The van der Waals surface area contributed by atoms with E-state index >= 15 is 0 Å². The number of aromatic amines is 1. The summed E-state index contributed by atoms with van der Waals surface area (Å²) in [6, 6.07) is 10.2. The quantitative estimate of drug-likeness (QED) is 0.345. The fraction of sp³-hybridized carbons (Fsp3) is 0.333. The summed E-state index contributed by atoms with van der Waals surface area (Å²) in [6.07, 6.45) is 3.75. The van der Waals surface area contributed by atoms with Crippen molar-refractivity contribution >= 4 is 13.7 Å². The predicted octanol–water partition coefficient (Wildman–Crippen LogP) is 4.09. The van der Waals surface area contributed by atoms with Gasteiger partial charge >= 0.3 is 33.0 Å². The summed E-state index contributed by atoms with van der Waals surface area (Å²) in [6.45, 7) is 1.95. The first-order chi connectivity index (χ1) is 12.2. The summed E-state index contributed by atoms with van der Waals surface area (Å²) >= 11 is 0. The summed E-state index contributed by atoms with van der Waals surface area (Å²) < 4.78 is 66.2. The molecule has 1 aliphatic heterocycles. The van der Waals surface area contributed by atoms with E-state index in [-0.39, 0.29) is 12.0 Å². The third-order valence-corrected chi connectivity index (χ3v) is 3.34. The van der Waals surface area contributed by atoms with Gasteiger partial charge in [-0.2, -0.15) is 5.10 Å². The molecule has 152 valence electrons. The van der Waals surface area contributed by atoms with Gasteiger partial charge < -0.3 is 9.64 Å². The molecule has 0 bridgehead atoms. The monoisotopic (exact) mass is 417 g/mol. The van der Waals surface area contributed by atoms with E-state index in [1.165, 1.54) is 5.56 Å². The molecule has 1 saturated heterocycles. The third kappa shape index (κ3) is 9.95. The van der Waals surface area contributed by atoms with E-state index in [9.17, 15) is 30.0 Å². The number of halogens is 6. The van der Waals surface area contributed by atoms with Gasteiger partial charge in [-0.1, -0.05) is 30.3 Å². The van der Waals surface area contributed by atoms with Crippen molar-refractivity contribution in [2.24, 2.45) is 0 Å². The fourth-order valence-corrected chi connectivity index (χ4v) is 2.19. The van der Waals surface area contributed by atoms with Gasteiger partial charge in [-0.05, 0) is 0 Å². The van der Waals surface area contributed by atoms with Crippen LogP contribution in [0.15, 0.2) is 42.7 Å². The van der Waals surface area contributed by atoms with Gasteiger partial charge in [0.2, 0.25) is 6.20 Å². The average Bonchev–Trinajstić information content (AvgIpc) is 3.27. The molecule has 1 aliphatic rings. The second kappa shape index (κ2) is 6.79. The molecule has 3 rings (SSSR count). The molecular formula is C15H18F6N3O2P. The Morgan fingerprint density at radius 1 is 1.19 bits per heavy atom. The Kier molecular flexibility index (Phi) is 5.33. The van der Waals surface area contributed by atoms with Crippen LogP contribution in [0.2, 0.25) is 0 Å². The second-order valence-electron chi connectivity index (χ2n) is 6.07. The topological polar surface area (TPSA) is 52.5 Å². The molecule has 1 fully saturated rings. The van der Waals surface area contributed by atoms with Crippen LogP contribution in [0.5, 0.6) is 0 Å². The molecule has 12 heteroatoms. The number of ether oxygens (including phenoxy) is 1. The molecule has 1 aromatic heterocycles. The number of H-pyrrole nitrogens is 1. The molecule has 1 amide bonds. The van der Waals surface area contributed by atoms with Crippen molar-refractivity contribution in [1.82, 2.24) is 10.00 Å². The molecule has 1 aromatic carbocycles. The zero-order chi connectivity index (χ0) is 20.4. The standard InChI is InChI=1S/C15H17N3O2.F6P/c1-17(15(19)14-11-20-14)8-13-7-16-18(10-13)9-12-5-3-2-4-6-12;1-7(2,3,4,5)6/h2-7,10,14H,8-9,11H2,1H3;/q;-1/p+1. The number of benzene rings is 1. The molecule has 1 unspecified atom stereocenters. The number of likely N-dealkylation sites (N-methyl/N-ethyl adjacent to an activating group) is 1. The van der Waals surface area contributed by atoms with Crippen LogP contribution in [-0.2, 0) is 22.6 Å². The van der Waals surface area contributed by atoms with Crippen molar-refractivity contribution in [3.05, 3.63) is 53.9 Å². The predicted molar refractivity (Wildman–Crippen MR) is 86.3 cm³/mol. The van der Waals surface area contributed by atoms with Gasteiger partial charge in [0.05, 0.1) is 24.9 Å². The first kappa shape index (κ1) is 21.2. The van der Waals surface area contributed by atoms with Crippen molar-refractivity contribution in [2.75, 3.05) is 13.7 Å². The van der Waals surface area contributed by atoms with Gasteiger partial charge in [0.15, 0.2) is 12.6 Å². The van der Waals surface area contributed by atoms with E-state index in [1.807, 2.05) is 35.3 Å². The van der Waals surface area contributed by atoms with E-state index in [0.717, 1.165) is 12.1 Å². The summed E-state index contributed by atoms with van der Waals surface area (Å²) in [4.78, 5) is 13.5. The van der Waals surface area contributed by atoms with Crippen LogP contribution in [0.3, 0.4) is 0 Å². The number of rotatable bonds is 5. The Morgan fingerprint density at radius 3 is 2.26 bits per heavy atom. The Bertz CT molecular complexity index is 779. The number of aromatic nitrogens is 2. The van der Waals surface area contributed by atoms with Crippen LogP contribution in [0.4, 0.5) is 25.2 Å². The van der Waals surface area contributed by atoms with Crippen molar-refractivity contribution in [3.63, 3.8) is 0 Å². The van der Waals surface area contributed by atoms with Crippen LogP contribution in [0.25, 0.3) is 0 Å². The Hall–Kier alpha value is -2.13. The van der Waals surface area contributed by atoms with Gasteiger partial charge in [-0.25, -0.2) is 0 Å². The molecule has 2 aromatic rings. The molecular weight excluding hydrogens is 399 g/mol. The number of nitrogens with zero attached hydrogens (tertiary/aromatic N) is 2. The first-order valence-electron chi connectivity index (χ1n) is 7.71. The van der Waals surface area contributed by atoms with Gasteiger partial charge in [0, 0.05) is 12.6 Å². The van der Waals surface area contributed by atoms with E-state index in [4.69, 9.17) is 4.74 Å². The number of carbonyl (C=O) groups is 1. The van der Waals surface area contributed by atoms with Crippen molar-refractivity contribution in [2.45, 2.75) is 19.2 Å². The number of amides is 1. The Morgan fingerprint density at radius 2 is 1.74 bits per heavy atom. The van der Waals surface area contributed by atoms with Gasteiger partial charge in [-0.3, -0.25) is 4.79 Å². The molecule has 0 spiro atoms. The summed E-state index contributed by atoms with van der Waals surface area (Å²) in [5, 5.41) is 3.19. The van der Waals surface area contributed by atoms with Crippen LogP contribution in [-0.4, -0.2) is 35.7 Å². The Balaban J connectivity index is 0.000000321. The molecule has 0 radical (unpaired) electrons. The summed E-state index contributed by atoms with van der Waals surface area (Å²) in [5.74, 6) is 0.0563. The molecule has 2 heterocycles. The molecule has 1 N–H and O–H groups in total. The zero-order valence-corrected chi connectivity index (χ0v) is 15.1. The SMILES string of the molecule is CN(Cc1c[nH][n+](Cc2ccccc2)c1)C(=O)C1CO1.F[P-](F)(F)(F)(F)F. The van der Waals surface area contributed by atoms with E-state index < -0.39 is 7.81 Å². The van der Waals surface area contributed by atoms with Crippen molar-refractivity contribution in [1.29, 1.82) is 0 Å². The van der Waals surface area contributed by atoms with Gasteiger partial charge in [-0.15, -0.1) is 4.68 Å². The fourth-order valence-electron chi connectivity index (χ4n) is 2.19. The van der Waals surface area contributed by atoms with Crippen molar-refractivity contribution < 1.29 is 39.4 Å². The molecule has 1 atom stereocenters. The van der Waals surface area contributed by atoms with E-state index in [0.29, 0.717) is 13.2 Å². The minimum absolute atomic E-state index is 0.0563. The van der Waals surface area contributed by atoms with Crippen LogP contribution >= 0.6 is 7.81 Å². The first-order valence-corrected chi connectivity index (χ1v) is 9.74. The average molecular weight is 417 g/mol. The zero-order valence-electron chi connectivity index (χ0n) is 14.2. The van der Waals surface area contributed by atoms with Crippen LogP contribution in [0, 0.1) is 0 Å². The molecule has 27 heavy (non-hydrogen) atoms. The van der Waals surface area contributed by atoms with Gasteiger partial charge in [0.25, 0.3) is 5.91 Å². The number of epoxide rings is 1. The Labute approximate surface area is 150 Å². The summed E-state index contributed by atoms with van der Waals surface area (Å²) in [5.41, 5.74) is 2.32. The van der Waals surface area contributed by atoms with E-state index in [2.05, 4.69) is 17.2 Å². The van der Waals surface area contributed by atoms with E-state index in [1.54, 1.807) is 11.9 Å². The van der Waals surface area contributed by atoms with Crippen molar-refractivity contribution in [3.8, 4) is 0 Å². The summed E-state index contributed by atoms with van der Waals surface area (Å²) in [7, 11) is -8.85. The van der Waals surface area contributed by atoms with Crippen LogP contribution in [0.1, 0.15) is 11.1 Å². The molecule has 5 nitrogen and oxygen atoms in total. The number of hydrogen-bond acceptors (Lipinski definition) is 2. The number of carbonyl (C=O) groups excluding carboxylic acids is 1. The number of nitrogens with one attached hydrogen (secondary N) is 1. The second-order valence-corrected chi connectivity index (χ2v) is 7.98. The minimum atomic E-state index is -10.7. The maximum atomic E-state index is 11.8. The molecule has 0 saturated carbocycles.